The zero-order chi connectivity index (χ0) is 22.9. The summed E-state index contributed by atoms with van der Waals surface area (Å²) in [4.78, 5) is 26.1. The minimum atomic E-state index is -0.399. The van der Waals surface area contributed by atoms with Crippen LogP contribution < -0.4 is 19.5 Å². The number of fused-ring (bicyclic) bond motifs is 2. The number of para-hydroxylation sites is 2. The summed E-state index contributed by atoms with van der Waals surface area (Å²) >= 11 is 0. The van der Waals surface area contributed by atoms with Crippen LogP contribution in [0, 0.1) is 13.8 Å². The van der Waals surface area contributed by atoms with Crippen LogP contribution in [-0.4, -0.2) is 25.1 Å². The van der Waals surface area contributed by atoms with Gasteiger partial charge in [-0.25, -0.2) is 0 Å². The Morgan fingerprint density at radius 1 is 0.939 bits per heavy atom. The van der Waals surface area contributed by atoms with E-state index < -0.39 is 5.91 Å². The highest BCUT2D eigenvalue weighted by atomic mass is 16.7. The summed E-state index contributed by atoms with van der Waals surface area (Å²) in [6.07, 6.45) is 0. The van der Waals surface area contributed by atoms with Crippen LogP contribution in [0.2, 0.25) is 0 Å². The van der Waals surface area contributed by atoms with E-state index in [2.05, 4.69) is 5.32 Å². The van der Waals surface area contributed by atoms with Gasteiger partial charge in [0, 0.05) is 10.9 Å². The second kappa shape index (κ2) is 8.35. The smallest absolute Gasteiger partial charge is 0.262 e. The summed E-state index contributed by atoms with van der Waals surface area (Å²) in [5.41, 5.74) is 3.04. The standard InChI is InChI=1S/C26H21NO6/c1-15-6-5-7-16(2)25(15)30-13-22(28)27-23-18-8-3-4-9-19(18)33-26(23)24(29)17-10-11-20-21(12-17)32-14-31-20/h3-12H,13-14H2,1-2H3,(H,27,28). The summed E-state index contributed by atoms with van der Waals surface area (Å²) in [5, 5.41) is 3.44. The number of amides is 1. The summed E-state index contributed by atoms with van der Waals surface area (Å²) in [7, 11) is 0. The molecule has 3 aromatic carbocycles. The molecule has 0 atom stereocenters. The van der Waals surface area contributed by atoms with E-state index in [1.54, 1.807) is 36.4 Å². The molecule has 0 aliphatic carbocycles. The van der Waals surface area contributed by atoms with E-state index in [0.29, 0.717) is 39.5 Å². The van der Waals surface area contributed by atoms with Gasteiger partial charge in [0.05, 0.1) is 5.69 Å². The number of hydrogen-bond donors (Lipinski definition) is 1. The number of carbonyl (C=O) groups is 2. The van der Waals surface area contributed by atoms with E-state index in [1.165, 1.54) is 0 Å². The molecule has 0 unspecified atom stereocenters. The fourth-order valence-corrected chi connectivity index (χ4v) is 3.84. The summed E-state index contributed by atoms with van der Waals surface area (Å²) in [6, 6.07) is 17.8. The molecule has 0 saturated heterocycles. The Morgan fingerprint density at radius 2 is 1.70 bits per heavy atom. The van der Waals surface area contributed by atoms with Gasteiger partial charge in [0.1, 0.15) is 11.3 Å². The van der Waals surface area contributed by atoms with Crippen molar-refractivity contribution in [2.45, 2.75) is 13.8 Å². The van der Waals surface area contributed by atoms with Gasteiger partial charge < -0.3 is 23.9 Å². The molecule has 7 heteroatoms. The van der Waals surface area contributed by atoms with Crippen LogP contribution >= 0.6 is 0 Å². The number of nitrogens with one attached hydrogen (secondary N) is 1. The van der Waals surface area contributed by atoms with Gasteiger partial charge in [-0.15, -0.1) is 0 Å². The fourth-order valence-electron chi connectivity index (χ4n) is 3.84. The van der Waals surface area contributed by atoms with E-state index in [-0.39, 0.29) is 24.9 Å². The molecule has 0 radical (unpaired) electrons. The Balaban J connectivity index is 1.43. The van der Waals surface area contributed by atoms with Gasteiger partial charge in [0.15, 0.2) is 23.9 Å². The molecule has 1 aliphatic heterocycles. The molecule has 7 nitrogen and oxygen atoms in total. The fraction of sp³-hybridized carbons (Fsp3) is 0.154. The highest BCUT2D eigenvalue weighted by Gasteiger charge is 2.25. The van der Waals surface area contributed by atoms with Crippen LogP contribution in [0.5, 0.6) is 17.2 Å². The molecule has 1 aromatic heterocycles. The summed E-state index contributed by atoms with van der Waals surface area (Å²) in [5.74, 6) is 0.995. The van der Waals surface area contributed by atoms with Gasteiger partial charge in [-0.3, -0.25) is 9.59 Å². The second-order valence-electron chi connectivity index (χ2n) is 7.76. The Morgan fingerprint density at radius 3 is 2.52 bits per heavy atom. The normalized spacial score (nSPS) is 12.1. The van der Waals surface area contributed by atoms with E-state index in [9.17, 15) is 9.59 Å². The van der Waals surface area contributed by atoms with Gasteiger partial charge >= 0.3 is 0 Å². The quantitative estimate of drug-likeness (QED) is 0.421. The van der Waals surface area contributed by atoms with Crippen LogP contribution in [-0.2, 0) is 4.79 Å². The number of hydrogen-bond acceptors (Lipinski definition) is 6. The first-order valence-corrected chi connectivity index (χ1v) is 10.5. The van der Waals surface area contributed by atoms with Gasteiger partial charge in [0.2, 0.25) is 12.6 Å². The van der Waals surface area contributed by atoms with Crippen LogP contribution in [0.15, 0.2) is 65.1 Å². The van der Waals surface area contributed by atoms with Gasteiger partial charge in [0.25, 0.3) is 5.91 Å². The molecule has 1 aliphatic rings. The van der Waals surface area contributed by atoms with Gasteiger partial charge in [-0.1, -0.05) is 30.3 Å². The number of benzene rings is 3. The van der Waals surface area contributed by atoms with Crippen molar-refractivity contribution in [3.05, 3.63) is 83.1 Å². The zero-order valence-electron chi connectivity index (χ0n) is 18.1. The van der Waals surface area contributed by atoms with E-state index >= 15 is 0 Å². The largest absolute Gasteiger partial charge is 0.483 e. The maximum atomic E-state index is 13.3. The van der Waals surface area contributed by atoms with Crippen molar-refractivity contribution in [1.29, 1.82) is 0 Å². The average Bonchev–Trinajstić information content (AvgIpc) is 3.42. The summed E-state index contributed by atoms with van der Waals surface area (Å²) in [6.45, 7) is 3.75. The number of carbonyl (C=O) groups excluding carboxylic acids is 2. The molecular weight excluding hydrogens is 422 g/mol. The van der Waals surface area contributed by atoms with Gasteiger partial charge in [-0.2, -0.15) is 0 Å². The molecule has 0 fully saturated rings. The van der Waals surface area contributed by atoms with E-state index in [1.807, 2.05) is 38.1 Å². The SMILES string of the molecule is Cc1cccc(C)c1OCC(=O)Nc1c(C(=O)c2ccc3c(c2)OCO3)oc2ccccc12. The lowest BCUT2D eigenvalue weighted by atomic mass is 10.1. The predicted molar refractivity (Wildman–Crippen MR) is 122 cm³/mol. The lowest BCUT2D eigenvalue weighted by Crippen LogP contribution is -2.21. The topological polar surface area (TPSA) is 87.0 Å². The van der Waals surface area contributed by atoms with Crippen molar-refractivity contribution in [3.63, 3.8) is 0 Å². The molecule has 0 saturated carbocycles. The molecule has 33 heavy (non-hydrogen) atoms. The van der Waals surface area contributed by atoms with Crippen LogP contribution in [0.1, 0.15) is 27.2 Å². The number of anilines is 1. The number of furan rings is 1. The van der Waals surface area contributed by atoms with Crippen molar-refractivity contribution >= 4 is 28.3 Å². The van der Waals surface area contributed by atoms with Crippen molar-refractivity contribution in [1.82, 2.24) is 0 Å². The van der Waals surface area contributed by atoms with E-state index in [4.69, 9.17) is 18.6 Å². The Labute approximate surface area is 189 Å². The molecule has 4 aromatic rings. The average molecular weight is 443 g/mol. The van der Waals surface area contributed by atoms with Crippen molar-refractivity contribution in [3.8, 4) is 17.2 Å². The van der Waals surface area contributed by atoms with Crippen molar-refractivity contribution < 1.29 is 28.2 Å². The Kier molecular flexibility index (Phi) is 5.22. The molecular formula is C26H21NO6. The van der Waals surface area contributed by atoms with Crippen LogP contribution in [0.3, 0.4) is 0 Å². The first-order valence-electron chi connectivity index (χ1n) is 10.5. The molecule has 166 valence electrons. The minimum absolute atomic E-state index is 0.0375. The molecule has 1 amide bonds. The van der Waals surface area contributed by atoms with Crippen molar-refractivity contribution in [2.24, 2.45) is 0 Å². The minimum Gasteiger partial charge on any atom is -0.483 e. The second-order valence-corrected chi connectivity index (χ2v) is 7.76. The maximum Gasteiger partial charge on any atom is 0.262 e. The lowest BCUT2D eigenvalue weighted by Gasteiger charge is -2.12. The lowest BCUT2D eigenvalue weighted by molar-refractivity contribution is -0.118. The Hall–Kier alpha value is -4.26. The van der Waals surface area contributed by atoms with Gasteiger partial charge in [-0.05, 0) is 55.3 Å². The molecule has 1 N–H and O–H groups in total. The first kappa shape index (κ1) is 20.6. The van der Waals surface area contributed by atoms with Crippen LogP contribution in [0.25, 0.3) is 11.0 Å². The zero-order valence-corrected chi connectivity index (χ0v) is 18.1. The number of aryl methyl sites for hydroxylation is 2. The highest BCUT2D eigenvalue weighted by Crippen LogP contribution is 2.36. The molecule has 0 bridgehead atoms. The molecule has 5 rings (SSSR count). The van der Waals surface area contributed by atoms with E-state index in [0.717, 1.165) is 11.1 Å². The van der Waals surface area contributed by atoms with Crippen LogP contribution in [0.4, 0.5) is 5.69 Å². The highest BCUT2D eigenvalue weighted by molar-refractivity contribution is 6.17. The number of ether oxygens (including phenoxy) is 3. The van der Waals surface area contributed by atoms with Crippen molar-refractivity contribution in [2.75, 3.05) is 18.7 Å². The Bertz CT molecular complexity index is 1370. The monoisotopic (exact) mass is 443 g/mol. The first-order chi connectivity index (χ1) is 16.0. The predicted octanol–water partition coefficient (Wildman–Crippen LogP) is 5.03. The third-order valence-corrected chi connectivity index (χ3v) is 5.46. The molecule has 0 spiro atoms. The number of rotatable bonds is 6. The maximum absolute atomic E-state index is 13.3. The number of ketones is 1. The summed E-state index contributed by atoms with van der Waals surface area (Å²) < 4.78 is 22.3. The molecule has 2 heterocycles. The third kappa shape index (κ3) is 3.89. The third-order valence-electron chi connectivity index (χ3n) is 5.46.